The molecular formula is C18H25N3O3. The minimum Gasteiger partial charge on any atom is -0.496 e. The SMILES string of the molecule is CCNC(=O)C[C@@H]1C(=O)NCCN1C/C=C/c1ccccc1OC. The maximum atomic E-state index is 12.1. The molecule has 1 aliphatic heterocycles. The van der Waals surface area contributed by atoms with Gasteiger partial charge in [-0.2, -0.15) is 0 Å². The number of carbonyl (C=O) groups is 2. The zero-order valence-corrected chi connectivity index (χ0v) is 14.2. The van der Waals surface area contributed by atoms with Gasteiger partial charge < -0.3 is 15.4 Å². The van der Waals surface area contributed by atoms with E-state index in [2.05, 4.69) is 10.6 Å². The van der Waals surface area contributed by atoms with Crippen LogP contribution in [0.5, 0.6) is 5.75 Å². The maximum absolute atomic E-state index is 12.1. The van der Waals surface area contributed by atoms with Gasteiger partial charge in [0.15, 0.2) is 0 Å². The number of carbonyl (C=O) groups excluding carboxylic acids is 2. The number of nitrogens with one attached hydrogen (secondary N) is 2. The fourth-order valence-electron chi connectivity index (χ4n) is 2.77. The fourth-order valence-corrected chi connectivity index (χ4v) is 2.77. The quantitative estimate of drug-likeness (QED) is 0.783. The third kappa shape index (κ3) is 4.83. The van der Waals surface area contributed by atoms with Crippen LogP contribution in [0.15, 0.2) is 30.3 Å². The number of rotatable bonds is 7. The first-order valence-corrected chi connectivity index (χ1v) is 8.23. The lowest BCUT2D eigenvalue weighted by Gasteiger charge is -2.33. The van der Waals surface area contributed by atoms with E-state index in [-0.39, 0.29) is 18.2 Å². The summed E-state index contributed by atoms with van der Waals surface area (Å²) in [5, 5.41) is 5.58. The van der Waals surface area contributed by atoms with Crippen molar-refractivity contribution in [1.29, 1.82) is 0 Å². The summed E-state index contributed by atoms with van der Waals surface area (Å²) in [4.78, 5) is 26.0. The van der Waals surface area contributed by atoms with E-state index < -0.39 is 6.04 Å². The first kappa shape index (κ1) is 18.0. The van der Waals surface area contributed by atoms with Gasteiger partial charge in [-0.15, -0.1) is 0 Å². The van der Waals surface area contributed by atoms with E-state index in [1.165, 1.54) is 0 Å². The first-order chi connectivity index (χ1) is 11.7. The van der Waals surface area contributed by atoms with Crippen molar-refractivity contribution in [3.63, 3.8) is 0 Å². The standard InChI is InChI=1S/C18H25N3O3/c1-3-19-17(22)13-15-18(23)20-10-12-21(15)11-6-8-14-7-4-5-9-16(14)24-2/h4-9,15H,3,10-13H2,1-2H3,(H,19,22)(H,20,23)/b8-6+/t15-/m1/s1. The van der Waals surface area contributed by atoms with Crippen molar-refractivity contribution >= 4 is 17.9 Å². The molecule has 1 fully saturated rings. The molecule has 0 saturated carbocycles. The zero-order valence-electron chi connectivity index (χ0n) is 14.2. The Morgan fingerprint density at radius 2 is 2.25 bits per heavy atom. The lowest BCUT2D eigenvalue weighted by Crippen LogP contribution is -2.56. The number of ether oxygens (including phenoxy) is 1. The van der Waals surface area contributed by atoms with Gasteiger partial charge in [-0.25, -0.2) is 0 Å². The summed E-state index contributed by atoms with van der Waals surface area (Å²) < 4.78 is 5.32. The van der Waals surface area contributed by atoms with Crippen molar-refractivity contribution in [2.24, 2.45) is 0 Å². The van der Waals surface area contributed by atoms with E-state index in [9.17, 15) is 9.59 Å². The number of nitrogens with zero attached hydrogens (tertiary/aromatic N) is 1. The Kier molecular flexibility index (Phi) is 6.81. The second kappa shape index (κ2) is 9.08. The van der Waals surface area contributed by atoms with Crippen LogP contribution in [0, 0.1) is 0 Å². The number of para-hydroxylation sites is 1. The summed E-state index contributed by atoms with van der Waals surface area (Å²) >= 11 is 0. The Balaban J connectivity index is 2.01. The molecule has 1 saturated heterocycles. The van der Waals surface area contributed by atoms with Crippen molar-refractivity contribution in [2.75, 3.05) is 33.3 Å². The molecule has 0 aliphatic carbocycles. The van der Waals surface area contributed by atoms with Gasteiger partial charge in [0.2, 0.25) is 11.8 Å². The van der Waals surface area contributed by atoms with E-state index in [1.54, 1.807) is 7.11 Å². The molecule has 0 radical (unpaired) electrons. The van der Waals surface area contributed by atoms with Gasteiger partial charge in [-0.05, 0) is 13.0 Å². The summed E-state index contributed by atoms with van der Waals surface area (Å²) in [5.41, 5.74) is 0.988. The van der Waals surface area contributed by atoms with E-state index in [0.717, 1.165) is 17.9 Å². The van der Waals surface area contributed by atoms with Crippen LogP contribution in [-0.2, 0) is 9.59 Å². The Bertz CT molecular complexity index is 601. The average Bonchev–Trinajstić information content (AvgIpc) is 2.58. The van der Waals surface area contributed by atoms with Gasteiger partial charge in [0.1, 0.15) is 5.75 Å². The molecule has 2 rings (SSSR count). The molecule has 2 amide bonds. The monoisotopic (exact) mass is 331 g/mol. The first-order valence-electron chi connectivity index (χ1n) is 8.23. The number of piperazine rings is 1. The van der Waals surface area contributed by atoms with Crippen molar-refractivity contribution in [1.82, 2.24) is 15.5 Å². The smallest absolute Gasteiger partial charge is 0.237 e. The van der Waals surface area contributed by atoms with Crippen LogP contribution in [0.3, 0.4) is 0 Å². The van der Waals surface area contributed by atoms with Crippen LogP contribution >= 0.6 is 0 Å². The van der Waals surface area contributed by atoms with Crippen molar-refractivity contribution in [2.45, 2.75) is 19.4 Å². The summed E-state index contributed by atoms with van der Waals surface area (Å²) in [6.07, 6.45) is 4.16. The minimum absolute atomic E-state index is 0.0850. The lowest BCUT2D eigenvalue weighted by molar-refractivity contribution is -0.133. The Morgan fingerprint density at radius 1 is 1.46 bits per heavy atom. The topological polar surface area (TPSA) is 70.7 Å². The molecule has 1 aromatic rings. The molecule has 0 unspecified atom stereocenters. The summed E-state index contributed by atoms with van der Waals surface area (Å²) in [6, 6.07) is 7.34. The highest BCUT2D eigenvalue weighted by atomic mass is 16.5. The molecule has 1 aliphatic rings. The highest BCUT2D eigenvalue weighted by Crippen LogP contribution is 2.19. The van der Waals surface area contributed by atoms with Crippen LogP contribution in [0.2, 0.25) is 0 Å². The van der Waals surface area contributed by atoms with Gasteiger partial charge in [-0.3, -0.25) is 14.5 Å². The van der Waals surface area contributed by atoms with Crippen LogP contribution in [0.4, 0.5) is 0 Å². The van der Waals surface area contributed by atoms with E-state index in [4.69, 9.17) is 4.74 Å². The summed E-state index contributed by atoms with van der Waals surface area (Å²) in [5.74, 6) is 0.625. The minimum atomic E-state index is -0.424. The fraction of sp³-hybridized carbons (Fsp3) is 0.444. The van der Waals surface area contributed by atoms with Crippen molar-refractivity contribution < 1.29 is 14.3 Å². The number of methoxy groups -OCH3 is 1. The van der Waals surface area contributed by atoms with E-state index in [1.807, 2.05) is 48.2 Å². The third-order valence-corrected chi connectivity index (χ3v) is 3.97. The predicted octanol–water partition coefficient (Wildman–Crippen LogP) is 1.04. The lowest BCUT2D eigenvalue weighted by atomic mass is 10.1. The molecular weight excluding hydrogens is 306 g/mol. The summed E-state index contributed by atoms with van der Waals surface area (Å²) in [6.45, 7) is 4.38. The molecule has 1 heterocycles. The van der Waals surface area contributed by atoms with Gasteiger partial charge in [-0.1, -0.05) is 30.4 Å². The van der Waals surface area contributed by atoms with Crippen molar-refractivity contribution in [3.05, 3.63) is 35.9 Å². The largest absolute Gasteiger partial charge is 0.496 e. The molecule has 0 spiro atoms. The zero-order chi connectivity index (χ0) is 17.4. The molecule has 0 bridgehead atoms. The second-order valence-corrected chi connectivity index (χ2v) is 5.60. The van der Waals surface area contributed by atoms with Crippen LogP contribution in [0.1, 0.15) is 18.9 Å². The Labute approximate surface area is 142 Å². The molecule has 2 N–H and O–H groups in total. The van der Waals surface area contributed by atoms with Gasteiger partial charge in [0.25, 0.3) is 0 Å². The number of hydrogen-bond donors (Lipinski definition) is 2. The van der Waals surface area contributed by atoms with Crippen molar-refractivity contribution in [3.8, 4) is 5.75 Å². The molecule has 6 heteroatoms. The molecule has 0 aromatic heterocycles. The highest BCUT2D eigenvalue weighted by Gasteiger charge is 2.30. The molecule has 1 atom stereocenters. The van der Waals surface area contributed by atoms with Crippen LogP contribution in [-0.4, -0.2) is 56.0 Å². The average molecular weight is 331 g/mol. The number of benzene rings is 1. The second-order valence-electron chi connectivity index (χ2n) is 5.60. The summed E-state index contributed by atoms with van der Waals surface area (Å²) in [7, 11) is 1.64. The van der Waals surface area contributed by atoms with E-state index in [0.29, 0.717) is 19.6 Å². The highest BCUT2D eigenvalue weighted by molar-refractivity contribution is 5.88. The van der Waals surface area contributed by atoms with Crippen LogP contribution in [0.25, 0.3) is 6.08 Å². The number of hydrogen-bond acceptors (Lipinski definition) is 4. The maximum Gasteiger partial charge on any atom is 0.237 e. The predicted molar refractivity (Wildman–Crippen MR) is 93.7 cm³/mol. The van der Waals surface area contributed by atoms with E-state index >= 15 is 0 Å². The van der Waals surface area contributed by atoms with Gasteiger partial charge >= 0.3 is 0 Å². The van der Waals surface area contributed by atoms with Gasteiger partial charge in [0, 0.05) is 31.7 Å². The molecule has 130 valence electrons. The normalized spacial score (nSPS) is 18.4. The molecule has 6 nitrogen and oxygen atoms in total. The van der Waals surface area contributed by atoms with Gasteiger partial charge in [0.05, 0.1) is 19.6 Å². The van der Waals surface area contributed by atoms with Crippen LogP contribution < -0.4 is 15.4 Å². The third-order valence-electron chi connectivity index (χ3n) is 3.97. The Morgan fingerprint density at radius 3 is 3.00 bits per heavy atom. The number of amides is 2. The molecule has 1 aromatic carbocycles. The molecule has 24 heavy (non-hydrogen) atoms. The Hall–Kier alpha value is -2.34.